The summed E-state index contributed by atoms with van der Waals surface area (Å²) < 4.78 is 5.34. The predicted octanol–water partition coefficient (Wildman–Crippen LogP) is 3.83. The number of benzene rings is 2. The highest BCUT2D eigenvalue weighted by Crippen LogP contribution is 2.22. The van der Waals surface area contributed by atoms with Crippen molar-refractivity contribution in [2.75, 3.05) is 5.32 Å². The van der Waals surface area contributed by atoms with E-state index in [0.717, 1.165) is 27.4 Å². The number of hydrogen-bond donors (Lipinski definition) is 2. The summed E-state index contributed by atoms with van der Waals surface area (Å²) in [4.78, 5) is 32.2. The molecule has 0 radical (unpaired) electrons. The summed E-state index contributed by atoms with van der Waals surface area (Å²) in [6.07, 6.45) is 2.67. The Morgan fingerprint density at radius 2 is 1.89 bits per heavy atom. The Morgan fingerprint density at radius 3 is 2.79 bits per heavy atom. The maximum absolute atomic E-state index is 12.5. The maximum atomic E-state index is 12.5. The van der Waals surface area contributed by atoms with Crippen LogP contribution in [0.3, 0.4) is 0 Å². The number of hydrogen-bond acceptors (Lipinski definition) is 4. The number of rotatable bonds is 5. The molecule has 1 atom stereocenters. The molecule has 0 spiro atoms. The fourth-order valence-electron chi connectivity index (χ4n) is 3.17. The van der Waals surface area contributed by atoms with Gasteiger partial charge in [-0.25, -0.2) is 0 Å². The topological polar surface area (TPSA) is 84.1 Å². The number of anilines is 1. The number of ether oxygens (including phenoxy) is 1. The molecule has 6 heteroatoms. The van der Waals surface area contributed by atoms with Gasteiger partial charge in [0.2, 0.25) is 0 Å². The zero-order valence-corrected chi connectivity index (χ0v) is 15.3. The Balaban J connectivity index is 1.42. The Hall–Kier alpha value is -3.67. The van der Waals surface area contributed by atoms with Gasteiger partial charge in [-0.15, -0.1) is 0 Å². The predicted molar refractivity (Wildman–Crippen MR) is 108 cm³/mol. The highest BCUT2D eigenvalue weighted by atomic mass is 16.5. The highest BCUT2D eigenvalue weighted by Gasteiger charge is 2.19. The van der Waals surface area contributed by atoms with Crippen LogP contribution < -0.4 is 5.32 Å². The fraction of sp³-hybridized carbons (Fsp3) is 0.136. The largest absolute Gasteiger partial charge is 0.452 e. The third-order valence-electron chi connectivity index (χ3n) is 4.59. The molecule has 1 amide bonds. The van der Waals surface area contributed by atoms with E-state index in [1.165, 1.54) is 0 Å². The quantitative estimate of drug-likeness (QED) is 0.521. The molecule has 2 aromatic heterocycles. The molecule has 0 aliphatic rings. The summed E-state index contributed by atoms with van der Waals surface area (Å²) in [6.45, 7) is 1.56. The van der Waals surface area contributed by atoms with Crippen molar-refractivity contribution < 1.29 is 14.3 Å². The van der Waals surface area contributed by atoms with Crippen LogP contribution in [0.15, 0.2) is 67.0 Å². The molecule has 0 saturated carbocycles. The number of pyridine rings is 1. The molecule has 0 aliphatic carbocycles. The minimum Gasteiger partial charge on any atom is -0.452 e. The zero-order chi connectivity index (χ0) is 19.5. The van der Waals surface area contributed by atoms with Crippen LogP contribution in [0.1, 0.15) is 12.5 Å². The van der Waals surface area contributed by atoms with E-state index in [4.69, 9.17) is 4.74 Å². The normalized spacial score (nSPS) is 12.0. The van der Waals surface area contributed by atoms with Crippen LogP contribution in [0.5, 0.6) is 0 Å². The second-order valence-corrected chi connectivity index (χ2v) is 6.53. The van der Waals surface area contributed by atoms with Crippen LogP contribution in [-0.4, -0.2) is 27.9 Å². The number of H-pyrrole nitrogens is 1. The van der Waals surface area contributed by atoms with E-state index in [1.807, 2.05) is 48.5 Å². The Bertz CT molecular complexity index is 1160. The number of nitrogens with zero attached hydrogens (tertiary/aromatic N) is 1. The highest BCUT2D eigenvalue weighted by molar-refractivity contribution is 6.03. The van der Waals surface area contributed by atoms with Gasteiger partial charge in [0.25, 0.3) is 5.91 Å². The number of carbonyl (C=O) groups excluding carboxylic acids is 2. The molecular formula is C22H19N3O3. The molecule has 2 aromatic carbocycles. The van der Waals surface area contributed by atoms with Crippen LogP contribution in [0.2, 0.25) is 0 Å². The fourth-order valence-corrected chi connectivity index (χ4v) is 3.17. The van der Waals surface area contributed by atoms with Gasteiger partial charge >= 0.3 is 5.97 Å². The van der Waals surface area contributed by atoms with Crippen LogP contribution in [0, 0.1) is 0 Å². The average molecular weight is 373 g/mol. The van der Waals surface area contributed by atoms with Crippen molar-refractivity contribution in [2.45, 2.75) is 19.4 Å². The van der Waals surface area contributed by atoms with Gasteiger partial charge in [-0.1, -0.05) is 24.3 Å². The molecule has 2 heterocycles. The molecule has 0 aliphatic heterocycles. The molecular weight excluding hydrogens is 354 g/mol. The zero-order valence-electron chi connectivity index (χ0n) is 15.3. The molecule has 6 nitrogen and oxygen atoms in total. The first kappa shape index (κ1) is 17.7. The van der Waals surface area contributed by atoms with E-state index >= 15 is 0 Å². The lowest BCUT2D eigenvalue weighted by Crippen LogP contribution is -2.30. The number of nitrogens with one attached hydrogen (secondary N) is 2. The van der Waals surface area contributed by atoms with Crippen molar-refractivity contribution in [1.29, 1.82) is 0 Å². The van der Waals surface area contributed by atoms with Gasteiger partial charge in [0.1, 0.15) is 0 Å². The SMILES string of the molecule is CC(OC(=O)Cc1c[nH]c2ccccc12)C(=O)Nc1cccc2ncccc12. The van der Waals surface area contributed by atoms with Crippen LogP contribution >= 0.6 is 0 Å². The summed E-state index contributed by atoms with van der Waals surface area (Å²) in [5, 5.41) is 4.62. The van der Waals surface area contributed by atoms with Crippen LogP contribution in [0.25, 0.3) is 21.8 Å². The molecule has 0 saturated heterocycles. The van der Waals surface area contributed by atoms with Crippen molar-refractivity contribution in [2.24, 2.45) is 0 Å². The minimum atomic E-state index is -0.912. The molecule has 2 N–H and O–H groups in total. The lowest BCUT2D eigenvalue weighted by Gasteiger charge is -2.14. The number of para-hydroxylation sites is 1. The summed E-state index contributed by atoms with van der Waals surface area (Å²) in [5.74, 6) is -0.837. The second-order valence-electron chi connectivity index (χ2n) is 6.53. The Kier molecular flexibility index (Phi) is 4.76. The number of fused-ring (bicyclic) bond motifs is 2. The lowest BCUT2D eigenvalue weighted by atomic mass is 10.1. The van der Waals surface area contributed by atoms with Crippen LogP contribution in [0.4, 0.5) is 5.69 Å². The van der Waals surface area contributed by atoms with Crippen molar-refractivity contribution in [1.82, 2.24) is 9.97 Å². The van der Waals surface area contributed by atoms with Gasteiger partial charge in [-0.05, 0) is 42.8 Å². The van der Waals surface area contributed by atoms with E-state index < -0.39 is 12.1 Å². The standard InChI is InChI=1S/C22H19N3O3/c1-14(22(27)25-20-10-4-9-19-17(20)7-5-11-23-19)28-21(26)12-15-13-24-18-8-3-2-6-16(15)18/h2-11,13-14,24H,12H2,1H3,(H,25,27). The van der Waals surface area contributed by atoms with Crippen molar-refractivity contribution in [3.8, 4) is 0 Å². The summed E-state index contributed by atoms with van der Waals surface area (Å²) in [7, 11) is 0. The molecule has 0 bridgehead atoms. The van der Waals surface area contributed by atoms with Gasteiger partial charge in [-0.2, -0.15) is 0 Å². The number of carbonyl (C=O) groups is 2. The van der Waals surface area contributed by atoms with E-state index in [0.29, 0.717) is 5.69 Å². The second kappa shape index (κ2) is 7.52. The molecule has 4 rings (SSSR count). The van der Waals surface area contributed by atoms with Crippen LogP contribution in [-0.2, 0) is 20.7 Å². The third kappa shape index (κ3) is 3.57. The number of aromatic nitrogens is 2. The average Bonchev–Trinajstić information content (AvgIpc) is 3.11. The van der Waals surface area contributed by atoms with Gasteiger partial charge in [0, 0.05) is 28.7 Å². The Morgan fingerprint density at radius 1 is 1.07 bits per heavy atom. The number of esters is 1. The molecule has 28 heavy (non-hydrogen) atoms. The van der Waals surface area contributed by atoms with E-state index in [2.05, 4.69) is 15.3 Å². The van der Waals surface area contributed by atoms with E-state index in [-0.39, 0.29) is 12.3 Å². The maximum Gasteiger partial charge on any atom is 0.311 e. The third-order valence-corrected chi connectivity index (χ3v) is 4.59. The summed E-state index contributed by atoms with van der Waals surface area (Å²) >= 11 is 0. The first-order valence-electron chi connectivity index (χ1n) is 9.01. The number of aromatic amines is 1. The van der Waals surface area contributed by atoms with Crippen molar-refractivity contribution in [3.63, 3.8) is 0 Å². The van der Waals surface area contributed by atoms with E-state index in [9.17, 15) is 9.59 Å². The van der Waals surface area contributed by atoms with Gasteiger partial charge in [-0.3, -0.25) is 14.6 Å². The first-order chi connectivity index (χ1) is 13.6. The summed E-state index contributed by atoms with van der Waals surface area (Å²) in [5.41, 5.74) is 3.22. The van der Waals surface area contributed by atoms with Crippen molar-refractivity contribution >= 4 is 39.4 Å². The molecule has 140 valence electrons. The smallest absolute Gasteiger partial charge is 0.311 e. The molecule has 4 aromatic rings. The summed E-state index contributed by atoms with van der Waals surface area (Å²) in [6, 6.07) is 16.9. The first-order valence-corrected chi connectivity index (χ1v) is 9.01. The molecule has 1 unspecified atom stereocenters. The minimum absolute atomic E-state index is 0.0970. The molecule has 0 fully saturated rings. The lowest BCUT2D eigenvalue weighted by molar-refractivity contribution is -0.152. The van der Waals surface area contributed by atoms with Gasteiger partial charge in [0.15, 0.2) is 6.10 Å². The number of amides is 1. The van der Waals surface area contributed by atoms with Crippen molar-refractivity contribution in [3.05, 3.63) is 72.6 Å². The van der Waals surface area contributed by atoms with Gasteiger partial charge < -0.3 is 15.0 Å². The monoisotopic (exact) mass is 373 g/mol. The Labute approximate surface area is 161 Å². The van der Waals surface area contributed by atoms with E-state index in [1.54, 1.807) is 25.4 Å². The van der Waals surface area contributed by atoms with Gasteiger partial charge in [0.05, 0.1) is 17.6 Å².